The third-order valence-corrected chi connectivity index (χ3v) is 13.8. The van der Waals surface area contributed by atoms with E-state index in [1.807, 2.05) is 13.0 Å². The number of aliphatic hydroxyl groups excluding tert-OH is 2. The number of nitrogens with zero attached hydrogens (tertiary/aromatic N) is 1. The van der Waals surface area contributed by atoms with Gasteiger partial charge in [-0.1, -0.05) is 44.2 Å². The standard InChI is InChI=1S/C38H53NO11/c1-7-9-11-16-25(41)50-38-26-22(18-36(44,33(48-6)31(38)42)32(26)49-34(43)21-14-12-10-13-15-21)37-24(46-4)17-23(40)35(20-45-3)19-39(8-2)30(37)27(38)28(47-5)29(35)37/h9-15,22-24,26-33,40,42,44H,7-8,16-20H2,1-6H3/b11-9+/t22-,23?,24+,26-,27+,28+,29-,30-,31+,32-,33+,35+,36+,37+,38-/m1/s1. The van der Waals surface area contributed by atoms with Crippen LogP contribution in [0.1, 0.15) is 49.9 Å². The van der Waals surface area contributed by atoms with E-state index in [-0.39, 0.29) is 25.5 Å². The summed E-state index contributed by atoms with van der Waals surface area (Å²) in [5.41, 5.74) is -4.88. The Kier molecular flexibility index (Phi) is 9.28. The van der Waals surface area contributed by atoms with E-state index in [4.69, 9.17) is 28.4 Å². The van der Waals surface area contributed by atoms with E-state index in [1.54, 1.807) is 57.7 Å². The predicted octanol–water partition coefficient (Wildman–Crippen LogP) is 1.98. The van der Waals surface area contributed by atoms with Gasteiger partial charge in [-0.15, -0.1) is 0 Å². The van der Waals surface area contributed by atoms with Gasteiger partial charge in [-0.2, -0.15) is 0 Å². The monoisotopic (exact) mass is 699 g/mol. The molecule has 1 aliphatic heterocycles. The van der Waals surface area contributed by atoms with Crippen LogP contribution >= 0.6 is 0 Å². The van der Waals surface area contributed by atoms with Gasteiger partial charge < -0.3 is 43.7 Å². The number of carbonyl (C=O) groups is 2. The van der Waals surface area contributed by atoms with Crippen molar-refractivity contribution in [3.05, 3.63) is 48.0 Å². The molecule has 0 radical (unpaired) electrons. The summed E-state index contributed by atoms with van der Waals surface area (Å²) >= 11 is 0. The molecule has 5 saturated carbocycles. The Bertz CT molecular complexity index is 1480. The number of methoxy groups -OCH3 is 4. The van der Waals surface area contributed by atoms with Crippen molar-refractivity contribution >= 4 is 11.9 Å². The van der Waals surface area contributed by atoms with Crippen LogP contribution in [-0.2, 0) is 33.2 Å². The molecule has 1 unspecified atom stereocenters. The Morgan fingerprint density at radius 2 is 1.72 bits per heavy atom. The number of hydrogen-bond acceptors (Lipinski definition) is 12. The Hall–Kier alpha value is -2.42. The molecule has 1 aromatic rings. The second kappa shape index (κ2) is 12.9. The highest BCUT2D eigenvalue weighted by Crippen LogP contribution is 2.80. The molecule has 5 aliphatic carbocycles. The fourth-order valence-corrected chi connectivity index (χ4v) is 12.6. The van der Waals surface area contributed by atoms with Gasteiger partial charge in [0.15, 0.2) is 5.60 Å². The Morgan fingerprint density at radius 3 is 2.34 bits per heavy atom. The maximum Gasteiger partial charge on any atom is 0.338 e. The molecule has 7 rings (SSSR count). The summed E-state index contributed by atoms with van der Waals surface area (Å²) in [7, 11) is 6.31. The van der Waals surface area contributed by atoms with Gasteiger partial charge in [-0.3, -0.25) is 9.69 Å². The Balaban J connectivity index is 1.51. The van der Waals surface area contributed by atoms with Crippen molar-refractivity contribution < 1.29 is 53.3 Å². The van der Waals surface area contributed by atoms with E-state index < -0.39 is 94.3 Å². The van der Waals surface area contributed by atoms with Gasteiger partial charge in [-0.05, 0) is 37.4 Å². The third-order valence-electron chi connectivity index (χ3n) is 13.8. The van der Waals surface area contributed by atoms with Crippen LogP contribution in [0.25, 0.3) is 0 Å². The molecule has 1 spiro atoms. The van der Waals surface area contributed by atoms with E-state index >= 15 is 0 Å². The van der Waals surface area contributed by atoms with Crippen molar-refractivity contribution in [2.75, 3.05) is 48.1 Å². The molecule has 15 atom stereocenters. The number of esters is 2. The zero-order chi connectivity index (χ0) is 35.8. The van der Waals surface area contributed by atoms with Gasteiger partial charge >= 0.3 is 11.9 Å². The van der Waals surface area contributed by atoms with E-state index in [0.717, 1.165) is 6.42 Å². The molecule has 3 N–H and O–H groups in total. The summed E-state index contributed by atoms with van der Waals surface area (Å²) in [6, 6.07) is 8.20. The number of benzene rings is 1. The molecule has 0 aromatic heterocycles. The molecule has 276 valence electrons. The number of carbonyl (C=O) groups excluding carboxylic acids is 2. The SMILES string of the molecule is CC/C=C/CC(=O)O[C@]12[C@H]3[C@@H](OC(=O)c4ccccc4)[C@@](O)(C[C@H]3[C@@]34[C@@H](OC)CC(O)[C@@]5(COC)CN(CC)[C@@H]3[C@@H]1[C@H](OC)[C@H]54)[C@@H](OC)[C@@H]2O. The van der Waals surface area contributed by atoms with Gasteiger partial charge in [0, 0.05) is 76.0 Å². The molecule has 1 heterocycles. The highest BCUT2D eigenvalue weighted by molar-refractivity contribution is 5.89. The lowest BCUT2D eigenvalue weighted by molar-refractivity contribution is -0.322. The summed E-state index contributed by atoms with van der Waals surface area (Å²) in [4.78, 5) is 30.3. The Labute approximate surface area is 294 Å². The van der Waals surface area contributed by atoms with Gasteiger partial charge in [-0.25, -0.2) is 4.79 Å². The van der Waals surface area contributed by atoms with Crippen molar-refractivity contribution in [2.45, 2.75) is 93.4 Å². The van der Waals surface area contributed by atoms with Crippen LogP contribution in [0.4, 0.5) is 0 Å². The first-order valence-corrected chi connectivity index (χ1v) is 18.1. The van der Waals surface area contributed by atoms with Gasteiger partial charge in [0.05, 0.1) is 36.9 Å². The molecule has 12 nitrogen and oxygen atoms in total. The number of ether oxygens (including phenoxy) is 6. The second-order valence-electron chi connectivity index (χ2n) is 15.4. The second-order valence-corrected chi connectivity index (χ2v) is 15.4. The van der Waals surface area contributed by atoms with Gasteiger partial charge in [0.1, 0.15) is 23.9 Å². The minimum Gasteiger partial charge on any atom is -0.455 e. The summed E-state index contributed by atoms with van der Waals surface area (Å²) < 4.78 is 38.0. The summed E-state index contributed by atoms with van der Waals surface area (Å²) in [5.74, 6) is -3.66. The van der Waals surface area contributed by atoms with Gasteiger partial charge in [0.2, 0.25) is 0 Å². The van der Waals surface area contributed by atoms with Gasteiger partial charge in [0.25, 0.3) is 0 Å². The first-order chi connectivity index (χ1) is 24.0. The quantitative estimate of drug-likeness (QED) is 0.216. The lowest BCUT2D eigenvalue weighted by Gasteiger charge is -2.70. The maximum atomic E-state index is 14.1. The number of rotatable bonds is 12. The van der Waals surface area contributed by atoms with Crippen LogP contribution in [0.15, 0.2) is 42.5 Å². The van der Waals surface area contributed by atoms with Crippen LogP contribution in [-0.4, -0.2) is 134 Å². The average Bonchev–Trinajstić information content (AvgIpc) is 3.48. The van der Waals surface area contributed by atoms with Crippen molar-refractivity contribution in [2.24, 2.45) is 34.5 Å². The Morgan fingerprint density at radius 1 is 0.980 bits per heavy atom. The van der Waals surface area contributed by atoms with Crippen LogP contribution in [0.5, 0.6) is 0 Å². The predicted molar refractivity (Wildman–Crippen MR) is 179 cm³/mol. The molecule has 6 aliphatic rings. The zero-order valence-corrected chi connectivity index (χ0v) is 29.9. The van der Waals surface area contributed by atoms with E-state index in [2.05, 4.69) is 11.8 Å². The zero-order valence-electron chi connectivity index (χ0n) is 29.9. The van der Waals surface area contributed by atoms with Crippen molar-refractivity contribution in [3.63, 3.8) is 0 Å². The van der Waals surface area contributed by atoms with E-state index in [9.17, 15) is 24.9 Å². The maximum absolute atomic E-state index is 14.1. The average molecular weight is 700 g/mol. The number of allylic oxidation sites excluding steroid dienone is 1. The molecule has 12 heteroatoms. The summed E-state index contributed by atoms with van der Waals surface area (Å²) in [6.07, 6.45) is -1.28. The minimum absolute atomic E-state index is 0.0375. The molecule has 1 saturated heterocycles. The normalized spacial score (nSPS) is 47.0. The number of piperidine rings is 1. The lowest BCUT2D eigenvalue weighted by Crippen LogP contribution is -2.81. The molecular formula is C38H53NO11. The third kappa shape index (κ3) is 4.39. The highest BCUT2D eigenvalue weighted by Gasteiger charge is 2.92. The molecule has 7 bridgehead atoms. The smallest absolute Gasteiger partial charge is 0.338 e. The molecular weight excluding hydrogens is 646 g/mol. The number of likely N-dealkylation sites (tertiary alicyclic amines) is 1. The van der Waals surface area contributed by atoms with Crippen LogP contribution < -0.4 is 0 Å². The number of fused-ring (bicyclic) bond motifs is 2. The van der Waals surface area contributed by atoms with E-state index in [1.165, 1.54) is 7.11 Å². The summed E-state index contributed by atoms with van der Waals surface area (Å²) in [6.45, 7) is 5.34. The molecule has 1 aromatic carbocycles. The van der Waals surface area contributed by atoms with E-state index in [0.29, 0.717) is 25.1 Å². The number of aliphatic hydroxyl groups is 3. The topological polar surface area (TPSA) is 153 Å². The fraction of sp³-hybridized carbons (Fsp3) is 0.737. The largest absolute Gasteiger partial charge is 0.455 e. The van der Waals surface area contributed by atoms with Crippen LogP contribution in [0.3, 0.4) is 0 Å². The molecule has 50 heavy (non-hydrogen) atoms. The summed E-state index contributed by atoms with van der Waals surface area (Å²) in [5, 5.41) is 37.8. The molecule has 6 fully saturated rings. The minimum atomic E-state index is -1.85. The molecule has 0 amide bonds. The first kappa shape index (κ1) is 36.0. The first-order valence-electron chi connectivity index (χ1n) is 18.1. The lowest BCUT2D eigenvalue weighted by atomic mass is 9.42. The fourth-order valence-electron chi connectivity index (χ4n) is 12.6. The van der Waals surface area contributed by atoms with Crippen LogP contribution in [0, 0.1) is 34.5 Å². The van der Waals surface area contributed by atoms with Crippen molar-refractivity contribution in [1.82, 2.24) is 4.90 Å². The number of hydrogen-bond donors (Lipinski definition) is 3. The highest BCUT2D eigenvalue weighted by atomic mass is 16.6. The van der Waals surface area contributed by atoms with Crippen molar-refractivity contribution in [1.29, 1.82) is 0 Å². The van der Waals surface area contributed by atoms with Crippen LogP contribution in [0.2, 0.25) is 0 Å². The van der Waals surface area contributed by atoms with Crippen molar-refractivity contribution in [3.8, 4) is 0 Å².